The fourth-order valence-corrected chi connectivity index (χ4v) is 3.73. The van der Waals surface area contributed by atoms with E-state index in [1.165, 1.54) is 4.88 Å². The lowest BCUT2D eigenvalue weighted by atomic mass is 10.1. The number of amides is 1. The number of hydrogen-bond donors (Lipinski definition) is 1. The van der Waals surface area contributed by atoms with Crippen molar-refractivity contribution in [2.24, 2.45) is 0 Å². The summed E-state index contributed by atoms with van der Waals surface area (Å²) in [6.45, 7) is 4.34. The van der Waals surface area contributed by atoms with Gasteiger partial charge in [-0.05, 0) is 37.1 Å². The largest absolute Gasteiger partial charge is 0.318 e. The fraction of sp³-hybridized carbons (Fsp3) is 0.643. The Hall–Kier alpha value is -0.870. The van der Waals surface area contributed by atoms with E-state index >= 15 is 0 Å². The molecule has 1 saturated carbocycles. The van der Waals surface area contributed by atoms with Gasteiger partial charge in [-0.2, -0.15) is 0 Å². The van der Waals surface area contributed by atoms with Gasteiger partial charge in [0.2, 0.25) is 5.91 Å². The molecule has 2 fully saturated rings. The standard InChI is InChI=1S/C14H20N2OS/c1-3-10(4-2)16-12(11-6-5-9-18-11)15-14(7-8-14)13(16)17/h5-6,9-10,12,15H,3-4,7-8H2,1-2H3. The van der Waals surface area contributed by atoms with E-state index in [9.17, 15) is 4.79 Å². The number of nitrogens with one attached hydrogen (secondary N) is 1. The van der Waals surface area contributed by atoms with Crippen molar-refractivity contribution in [2.75, 3.05) is 0 Å². The van der Waals surface area contributed by atoms with Gasteiger partial charge < -0.3 is 4.90 Å². The van der Waals surface area contributed by atoms with E-state index < -0.39 is 0 Å². The lowest BCUT2D eigenvalue weighted by Crippen LogP contribution is -2.39. The summed E-state index contributed by atoms with van der Waals surface area (Å²) in [5.74, 6) is 0.328. The molecule has 1 amide bonds. The predicted molar refractivity (Wildman–Crippen MR) is 73.4 cm³/mol. The van der Waals surface area contributed by atoms with Gasteiger partial charge in [0.1, 0.15) is 11.7 Å². The van der Waals surface area contributed by atoms with E-state index in [0.717, 1.165) is 25.7 Å². The predicted octanol–water partition coefficient (Wildman–Crippen LogP) is 2.90. The highest BCUT2D eigenvalue weighted by molar-refractivity contribution is 7.10. The fourth-order valence-electron chi connectivity index (χ4n) is 2.95. The van der Waals surface area contributed by atoms with Crippen LogP contribution in [0.25, 0.3) is 0 Å². The van der Waals surface area contributed by atoms with Gasteiger partial charge in [-0.15, -0.1) is 11.3 Å². The van der Waals surface area contributed by atoms with Crippen molar-refractivity contribution >= 4 is 17.2 Å². The first-order valence-electron chi connectivity index (χ1n) is 6.85. The molecule has 1 aromatic heterocycles. The van der Waals surface area contributed by atoms with Gasteiger partial charge in [0.15, 0.2) is 0 Å². The zero-order valence-electron chi connectivity index (χ0n) is 11.0. The van der Waals surface area contributed by atoms with Crippen LogP contribution in [0.5, 0.6) is 0 Å². The molecule has 1 unspecified atom stereocenters. The summed E-state index contributed by atoms with van der Waals surface area (Å²) in [6, 6.07) is 4.55. The zero-order valence-corrected chi connectivity index (χ0v) is 11.8. The molecule has 2 heterocycles. The van der Waals surface area contributed by atoms with Crippen molar-refractivity contribution in [3.8, 4) is 0 Å². The van der Waals surface area contributed by atoms with Gasteiger partial charge in [-0.3, -0.25) is 10.1 Å². The molecular weight excluding hydrogens is 244 g/mol. The molecule has 1 aromatic rings. The monoisotopic (exact) mass is 264 g/mol. The van der Waals surface area contributed by atoms with Gasteiger partial charge in [-0.1, -0.05) is 19.9 Å². The number of rotatable bonds is 4. The van der Waals surface area contributed by atoms with E-state index in [-0.39, 0.29) is 11.7 Å². The minimum Gasteiger partial charge on any atom is -0.318 e. The molecule has 3 nitrogen and oxygen atoms in total. The van der Waals surface area contributed by atoms with Crippen LogP contribution in [0.2, 0.25) is 0 Å². The first kappa shape index (κ1) is 12.2. The first-order valence-corrected chi connectivity index (χ1v) is 7.73. The Kier molecular flexibility index (Phi) is 2.94. The summed E-state index contributed by atoms with van der Waals surface area (Å²) in [4.78, 5) is 16.0. The van der Waals surface area contributed by atoms with E-state index in [4.69, 9.17) is 0 Å². The van der Waals surface area contributed by atoms with Crippen molar-refractivity contribution in [1.82, 2.24) is 10.2 Å². The zero-order chi connectivity index (χ0) is 12.8. The summed E-state index contributed by atoms with van der Waals surface area (Å²) < 4.78 is 0. The maximum absolute atomic E-state index is 12.6. The molecule has 1 N–H and O–H groups in total. The molecule has 0 aromatic carbocycles. The molecule has 2 aliphatic rings. The number of hydrogen-bond acceptors (Lipinski definition) is 3. The van der Waals surface area contributed by atoms with Crippen molar-refractivity contribution in [2.45, 2.75) is 57.3 Å². The van der Waals surface area contributed by atoms with Crippen LogP contribution in [0.3, 0.4) is 0 Å². The number of carbonyl (C=O) groups excluding carboxylic acids is 1. The third-order valence-corrected chi connectivity index (χ3v) is 5.16. The molecule has 98 valence electrons. The van der Waals surface area contributed by atoms with Crippen LogP contribution in [0.4, 0.5) is 0 Å². The number of thiophene rings is 1. The molecular formula is C14H20N2OS. The van der Waals surface area contributed by atoms with Crippen LogP contribution in [0.15, 0.2) is 17.5 Å². The SMILES string of the molecule is CCC(CC)N1C(=O)C2(CC2)NC1c1cccs1. The van der Waals surface area contributed by atoms with Crippen LogP contribution < -0.4 is 5.32 Å². The third-order valence-electron chi connectivity index (χ3n) is 4.23. The first-order chi connectivity index (χ1) is 8.72. The maximum Gasteiger partial charge on any atom is 0.244 e. The Morgan fingerprint density at radius 1 is 1.50 bits per heavy atom. The summed E-state index contributed by atoms with van der Waals surface area (Å²) in [7, 11) is 0. The lowest BCUT2D eigenvalue weighted by molar-refractivity contribution is -0.133. The number of nitrogens with zero attached hydrogens (tertiary/aromatic N) is 1. The quantitative estimate of drug-likeness (QED) is 0.907. The highest BCUT2D eigenvalue weighted by Gasteiger charge is 2.60. The van der Waals surface area contributed by atoms with Crippen LogP contribution in [0, 0.1) is 0 Å². The van der Waals surface area contributed by atoms with Gasteiger partial charge in [0.25, 0.3) is 0 Å². The van der Waals surface area contributed by atoms with Crippen LogP contribution in [-0.4, -0.2) is 22.4 Å². The van der Waals surface area contributed by atoms with E-state index in [1.807, 2.05) is 0 Å². The molecule has 4 heteroatoms. The second kappa shape index (κ2) is 4.35. The summed E-state index contributed by atoms with van der Waals surface area (Å²) >= 11 is 1.74. The Labute approximate surface area is 112 Å². The van der Waals surface area contributed by atoms with Crippen molar-refractivity contribution in [3.63, 3.8) is 0 Å². The van der Waals surface area contributed by atoms with Gasteiger partial charge in [0.05, 0.1) is 0 Å². The molecule has 0 bridgehead atoms. The Morgan fingerprint density at radius 2 is 2.22 bits per heavy atom. The smallest absolute Gasteiger partial charge is 0.244 e. The van der Waals surface area contributed by atoms with Crippen LogP contribution >= 0.6 is 11.3 Å². The molecule has 0 radical (unpaired) electrons. The highest BCUT2D eigenvalue weighted by Crippen LogP contribution is 2.47. The van der Waals surface area contributed by atoms with Crippen molar-refractivity contribution in [1.29, 1.82) is 0 Å². The van der Waals surface area contributed by atoms with Crippen molar-refractivity contribution < 1.29 is 4.79 Å². The third kappa shape index (κ3) is 1.70. The van der Waals surface area contributed by atoms with Gasteiger partial charge >= 0.3 is 0 Å². The molecule has 1 aliphatic carbocycles. The maximum atomic E-state index is 12.6. The molecule has 1 spiro atoms. The Balaban J connectivity index is 1.93. The molecule has 1 saturated heterocycles. The molecule has 1 atom stereocenters. The van der Waals surface area contributed by atoms with E-state index in [1.54, 1.807) is 11.3 Å². The average molecular weight is 264 g/mol. The summed E-state index contributed by atoms with van der Waals surface area (Å²) in [5, 5.41) is 5.67. The summed E-state index contributed by atoms with van der Waals surface area (Å²) in [6.07, 6.45) is 4.17. The van der Waals surface area contributed by atoms with Crippen LogP contribution in [0.1, 0.15) is 50.6 Å². The molecule has 1 aliphatic heterocycles. The lowest BCUT2D eigenvalue weighted by Gasteiger charge is -2.31. The topological polar surface area (TPSA) is 32.3 Å². The minimum atomic E-state index is -0.211. The van der Waals surface area contributed by atoms with Crippen LogP contribution in [-0.2, 0) is 4.79 Å². The average Bonchev–Trinajstić information content (AvgIpc) is 2.85. The Morgan fingerprint density at radius 3 is 2.72 bits per heavy atom. The normalized spacial score (nSPS) is 25.4. The molecule has 3 rings (SSSR count). The highest BCUT2D eigenvalue weighted by atomic mass is 32.1. The Bertz CT molecular complexity index is 435. The van der Waals surface area contributed by atoms with Gasteiger partial charge in [0, 0.05) is 10.9 Å². The number of carbonyl (C=O) groups is 1. The van der Waals surface area contributed by atoms with Gasteiger partial charge in [-0.25, -0.2) is 0 Å². The minimum absolute atomic E-state index is 0.102. The van der Waals surface area contributed by atoms with Crippen molar-refractivity contribution in [3.05, 3.63) is 22.4 Å². The molecule has 18 heavy (non-hydrogen) atoms. The second-order valence-electron chi connectivity index (χ2n) is 5.33. The second-order valence-corrected chi connectivity index (χ2v) is 6.31. The van der Waals surface area contributed by atoms with E-state index in [2.05, 4.69) is 41.6 Å². The summed E-state index contributed by atoms with van der Waals surface area (Å²) in [5.41, 5.74) is -0.211. The van der Waals surface area contributed by atoms with E-state index in [0.29, 0.717) is 11.9 Å².